The fourth-order valence-corrected chi connectivity index (χ4v) is 2.98. The van der Waals surface area contributed by atoms with E-state index in [1.165, 1.54) is 5.56 Å². The number of H-pyrrole nitrogens is 1. The van der Waals surface area contributed by atoms with Crippen LogP contribution in [0.3, 0.4) is 0 Å². The van der Waals surface area contributed by atoms with Crippen LogP contribution in [0.1, 0.15) is 15.9 Å². The van der Waals surface area contributed by atoms with Crippen LogP contribution in [0.15, 0.2) is 47.6 Å². The van der Waals surface area contributed by atoms with Gasteiger partial charge in [0.05, 0.1) is 18.2 Å². The molecular formula is C16H15N3O2S. The molecule has 3 aromatic rings. The molecule has 0 fully saturated rings. The number of nitrogens with zero attached hydrogens (tertiary/aromatic N) is 1. The highest BCUT2D eigenvalue weighted by atomic mass is 32.2. The van der Waals surface area contributed by atoms with Crippen molar-refractivity contribution in [2.75, 3.05) is 7.11 Å². The molecule has 1 heterocycles. The van der Waals surface area contributed by atoms with E-state index < -0.39 is 5.91 Å². The van der Waals surface area contributed by atoms with E-state index in [4.69, 9.17) is 10.5 Å². The highest BCUT2D eigenvalue weighted by molar-refractivity contribution is 7.98. The van der Waals surface area contributed by atoms with Crippen molar-refractivity contribution in [3.05, 3.63) is 53.6 Å². The van der Waals surface area contributed by atoms with Crippen molar-refractivity contribution < 1.29 is 9.53 Å². The van der Waals surface area contributed by atoms with Gasteiger partial charge in [0.2, 0.25) is 0 Å². The molecule has 3 N–H and O–H groups in total. The van der Waals surface area contributed by atoms with E-state index in [0.29, 0.717) is 11.1 Å². The highest BCUT2D eigenvalue weighted by Crippen LogP contribution is 2.25. The van der Waals surface area contributed by atoms with Crippen LogP contribution in [0.4, 0.5) is 0 Å². The van der Waals surface area contributed by atoms with Crippen LogP contribution >= 0.6 is 11.8 Å². The Morgan fingerprint density at radius 1 is 1.27 bits per heavy atom. The monoisotopic (exact) mass is 313 g/mol. The standard InChI is InChI=1S/C16H15N3O2S/c1-21-11-7-5-10(6-8-11)9-22-16-18-13-4-2-3-12(15(17)20)14(13)19-16/h2-8H,9H2,1H3,(H2,17,20)(H,18,19). The zero-order valence-electron chi connectivity index (χ0n) is 12.0. The first-order valence-electron chi connectivity index (χ1n) is 6.71. The van der Waals surface area contributed by atoms with Gasteiger partial charge in [0.1, 0.15) is 11.3 Å². The number of rotatable bonds is 5. The number of para-hydroxylation sites is 1. The summed E-state index contributed by atoms with van der Waals surface area (Å²) in [7, 11) is 1.65. The van der Waals surface area contributed by atoms with E-state index >= 15 is 0 Å². The van der Waals surface area contributed by atoms with Crippen molar-refractivity contribution in [1.82, 2.24) is 9.97 Å². The fraction of sp³-hybridized carbons (Fsp3) is 0.125. The first-order chi connectivity index (χ1) is 10.7. The van der Waals surface area contributed by atoms with Crippen molar-refractivity contribution in [1.29, 1.82) is 0 Å². The largest absolute Gasteiger partial charge is 0.497 e. The van der Waals surface area contributed by atoms with Crippen LogP contribution in [0.25, 0.3) is 11.0 Å². The number of nitrogens with one attached hydrogen (secondary N) is 1. The predicted octanol–water partition coefficient (Wildman–Crippen LogP) is 2.96. The molecule has 0 bridgehead atoms. The van der Waals surface area contributed by atoms with Gasteiger partial charge in [-0.15, -0.1) is 0 Å². The summed E-state index contributed by atoms with van der Waals surface area (Å²) in [6.07, 6.45) is 0. The number of fused-ring (bicyclic) bond motifs is 1. The molecule has 1 aromatic heterocycles. The van der Waals surface area contributed by atoms with Crippen LogP contribution in [-0.2, 0) is 5.75 Å². The predicted molar refractivity (Wildman–Crippen MR) is 87.2 cm³/mol. The van der Waals surface area contributed by atoms with Gasteiger partial charge in [0.25, 0.3) is 5.91 Å². The number of hydrogen-bond donors (Lipinski definition) is 2. The van der Waals surface area contributed by atoms with Crippen LogP contribution in [0.5, 0.6) is 5.75 Å². The van der Waals surface area contributed by atoms with Crippen LogP contribution < -0.4 is 10.5 Å². The lowest BCUT2D eigenvalue weighted by Gasteiger charge is -2.01. The van der Waals surface area contributed by atoms with Crippen molar-refractivity contribution in [2.24, 2.45) is 5.73 Å². The Morgan fingerprint density at radius 2 is 2.05 bits per heavy atom. The molecule has 1 amide bonds. The summed E-state index contributed by atoms with van der Waals surface area (Å²) in [4.78, 5) is 19.1. The number of carbonyl (C=O) groups is 1. The Labute approximate surface area is 131 Å². The summed E-state index contributed by atoms with van der Waals surface area (Å²) < 4.78 is 5.14. The molecule has 0 unspecified atom stereocenters. The second-order valence-electron chi connectivity index (χ2n) is 4.74. The number of aromatic nitrogens is 2. The fourth-order valence-electron chi connectivity index (χ4n) is 2.15. The smallest absolute Gasteiger partial charge is 0.250 e. The number of amides is 1. The molecule has 0 aliphatic carbocycles. The Kier molecular flexibility index (Phi) is 4.02. The molecule has 0 saturated heterocycles. The summed E-state index contributed by atoms with van der Waals surface area (Å²) in [6.45, 7) is 0. The molecule has 22 heavy (non-hydrogen) atoms. The minimum Gasteiger partial charge on any atom is -0.497 e. The number of primary amides is 1. The Bertz CT molecular complexity index is 812. The third-order valence-corrected chi connectivity index (χ3v) is 4.24. The van der Waals surface area contributed by atoms with Gasteiger partial charge in [0.15, 0.2) is 5.16 Å². The number of thioether (sulfide) groups is 1. The number of ether oxygens (including phenoxy) is 1. The number of carbonyl (C=O) groups excluding carboxylic acids is 1. The van der Waals surface area contributed by atoms with Gasteiger partial charge in [-0.25, -0.2) is 4.98 Å². The van der Waals surface area contributed by atoms with E-state index in [9.17, 15) is 4.79 Å². The Morgan fingerprint density at radius 3 is 2.73 bits per heavy atom. The molecule has 0 saturated carbocycles. The third kappa shape index (κ3) is 2.92. The molecule has 0 aliphatic heterocycles. The lowest BCUT2D eigenvalue weighted by Crippen LogP contribution is -2.11. The van der Waals surface area contributed by atoms with Gasteiger partial charge >= 0.3 is 0 Å². The molecule has 0 radical (unpaired) electrons. The number of methoxy groups -OCH3 is 1. The van der Waals surface area contributed by atoms with E-state index in [1.807, 2.05) is 30.3 Å². The highest BCUT2D eigenvalue weighted by Gasteiger charge is 2.11. The van der Waals surface area contributed by atoms with Crippen molar-refractivity contribution in [3.63, 3.8) is 0 Å². The molecule has 0 atom stereocenters. The van der Waals surface area contributed by atoms with Crippen LogP contribution in [0, 0.1) is 0 Å². The summed E-state index contributed by atoms with van der Waals surface area (Å²) in [5, 5.41) is 0.763. The molecule has 112 valence electrons. The second kappa shape index (κ2) is 6.11. The summed E-state index contributed by atoms with van der Waals surface area (Å²) in [6, 6.07) is 13.3. The molecule has 3 rings (SSSR count). The van der Waals surface area contributed by atoms with Crippen LogP contribution in [0.2, 0.25) is 0 Å². The van der Waals surface area contributed by atoms with Crippen molar-refractivity contribution >= 4 is 28.7 Å². The SMILES string of the molecule is COc1ccc(CSc2nc3c(C(N)=O)cccc3[nH]2)cc1. The lowest BCUT2D eigenvalue weighted by atomic mass is 10.2. The quantitative estimate of drug-likeness (QED) is 0.710. The van der Waals surface area contributed by atoms with E-state index in [-0.39, 0.29) is 0 Å². The average Bonchev–Trinajstić information content (AvgIpc) is 2.96. The molecule has 5 nitrogen and oxygen atoms in total. The number of hydrogen-bond acceptors (Lipinski definition) is 4. The first kappa shape index (κ1) is 14.5. The zero-order chi connectivity index (χ0) is 15.5. The molecule has 0 aliphatic rings. The first-order valence-corrected chi connectivity index (χ1v) is 7.70. The summed E-state index contributed by atoms with van der Waals surface area (Å²) in [5.74, 6) is 1.14. The van der Waals surface area contributed by atoms with E-state index in [0.717, 1.165) is 22.2 Å². The van der Waals surface area contributed by atoms with Gasteiger partial charge in [0, 0.05) is 5.75 Å². The van der Waals surface area contributed by atoms with Crippen molar-refractivity contribution in [2.45, 2.75) is 10.9 Å². The maximum atomic E-state index is 11.4. The van der Waals surface area contributed by atoms with Gasteiger partial charge in [-0.2, -0.15) is 0 Å². The number of imidazole rings is 1. The molecule has 2 aromatic carbocycles. The maximum Gasteiger partial charge on any atom is 0.250 e. The Hall–Kier alpha value is -2.47. The molecule has 0 spiro atoms. The van der Waals surface area contributed by atoms with Gasteiger partial charge in [-0.3, -0.25) is 4.79 Å². The molecule has 6 heteroatoms. The summed E-state index contributed by atoms with van der Waals surface area (Å²) in [5.41, 5.74) is 8.40. The van der Waals surface area contributed by atoms with E-state index in [2.05, 4.69) is 9.97 Å². The maximum absolute atomic E-state index is 11.4. The normalized spacial score (nSPS) is 10.8. The molecular weight excluding hydrogens is 298 g/mol. The van der Waals surface area contributed by atoms with Gasteiger partial charge < -0.3 is 15.5 Å². The number of nitrogens with two attached hydrogens (primary N) is 1. The van der Waals surface area contributed by atoms with Crippen LogP contribution in [-0.4, -0.2) is 23.0 Å². The Balaban J connectivity index is 1.79. The average molecular weight is 313 g/mol. The summed E-state index contributed by atoms with van der Waals surface area (Å²) >= 11 is 1.57. The minimum atomic E-state index is -0.469. The van der Waals surface area contributed by atoms with Gasteiger partial charge in [-0.1, -0.05) is 30.0 Å². The number of aromatic amines is 1. The number of benzene rings is 2. The minimum absolute atomic E-state index is 0.435. The van der Waals surface area contributed by atoms with Crippen molar-refractivity contribution in [3.8, 4) is 5.75 Å². The van der Waals surface area contributed by atoms with Gasteiger partial charge in [-0.05, 0) is 29.8 Å². The second-order valence-corrected chi connectivity index (χ2v) is 5.71. The zero-order valence-corrected chi connectivity index (χ0v) is 12.8. The van der Waals surface area contributed by atoms with E-state index in [1.54, 1.807) is 31.0 Å². The topological polar surface area (TPSA) is 81.0 Å². The lowest BCUT2D eigenvalue weighted by molar-refractivity contribution is 0.100. The third-order valence-electron chi connectivity index (χ3n) is 3.29.